The van der Waals surface area contributed by atoms with E-state index in [-0.39, 0.29) is 6.04 Å². The van der Waals surface area contributed by atoms with Crippen LogP contribution >= 0.6 is 0 Å². The molecular weight excluding hydrogens is 238 g/mol. The molecule has 0 spiro atoms. The molecule has 98 valence electrons. The maximum absolute atomic E-state index is 4.21. The number of nitrogens with zero attached hydrogens (tertiary/aromatic N) is 3. The summed E-state index contributed by atoms with van der Waals surface area (Å²) in [5.74, 6) is 0. The molecule has 0 aliphatic heterocycles. The van der Waals surface area contributed by atoms with Gasteiger partial charge in [0, 0.05) is 17.1 Å². The molecule has 0 amide bonds. The number of H-pyrrole nitrogens is 2. The molecule has 0 aliphatic rings. The van der Waals surface area contributed by atoms with Gasteiger partial charge in [0.15, 0.2) is 0 Å². The molecule has 2 aromatic heterocycles. The maximum atomic E-state index is 4.21. The lowest BCUT2D eigenvalue weighted by molar-refractivity contribution is 0.292. The summed E-state index contributed by atoms with van der Waals surface area (Å²) in [5, 5.41) is 12.1. The van der Waals surface area contributed by atoms with Crippen LogP contribution in [0.2, 0.25) is 0 Å². The summed E-state index contributed by atoms with van der Waals surface area (Å²) in [7, 11) is 4.13. The summed E-state index contributed by atoms with van der Waals surface area (Å²) in [6.07, 6.45) is 4.78. The number of benzene rings is 1. The van der Waals surface area contributed by atoms with Gasteiger partial charge in [-0.15, -0.1) is 0 Å². The van der Waals surface area contributed by atoms with Crippen molar-refractivity contribution in [3.8, 4) is 0 Å². The van der Waals surface area contributed by atoms with Crippen molar-refractivity contribution in [2.75, 3.05) is 14.1 Å². The molecular formula is C14H17N5. The van der Waals surface area contributed by atoms with E-state index in [1.165, 1.54) is 16.5 Å². The van der Waals surface area contributed by atoms with E-state index in [4.69, 9.17) is 0 Å². The topological polar surface area (TPSA) is 60.6 Å². The fourth-order valence-corrected chi connectivity index (χ4v) is 2.43. The molecule has 1 aromatic carbocycles. The van der Waals surface area contributed by atoms with Gasteiger partial charge in [0.05, 0.1) is 17.9 Å². The molecule has 0 fully saturated rings. The third-order valence-electron chi connectivity index (χ3n) is 3.49. The summed E-state index contributed by atoms with van der Waals surface area (Å²) in [6.45, 7) is 0. The maximum Gasteiger partial charge on any atom is 0.0999 e. The minimum Gasteiger partial charge on any atom is -0.361 e. The van der Waals surface area contributed by atoms with Crippen molar-refractivity contribution in [3.63, 3.8) is 0 Å². The van der Waals surface area contributed by atoms with Crippen molar-refractivity contribution in [2.45, 2.75) is 12.5 Å². The molecule has 5 heteroatoms. The van der Waals surface area contributed by atoms with E-state index in [9.17, 15) is 0 Å². The van der Waals surface area contributed by atoms with E-state index in [0.717, 1.165) is 12.1 Å². The van der Waals surface area contributed by atoms with Gasteiger partial charge in [0.1, 0.15) is 0 Å². The van der Waals surface area contributed by atoms with Crippen molar-refractivity contribution in [1.29, 1.82) is 0 Å². The molecule has 0 radical (unpaired) electrons. The van der Waals surface area contributed by atoms with Crippen LogP contribution in [0.15, 0.2) is 36.7 Å². The number of aromatic amines is 2. The van der Waals surface area contributed by atoms with Gasteiger partial charge in [0.2, 0.25) is 0 Å². The van der Waals surface area contributed by atoms with Crippen molar-refractivity contribution >= 4 is 10.9 Å². The van der Waals surface area contributed by atoms with Crippen LogP contribution in [0.5, 0.6) is 0 Å². The van der Waals surface area contributed by atoms with Gasteiger partial charge in [-0.25, -0.2) is 0 Å². The van der Waals surface area contributed by atoms with E-state index < -0.39 is 0 Å². The molecule has 0 saturated heterocycles. The molecule has 0 bridgehead atoms. The first-order valence-electron chi connectivity index (χ1n) is 6.33. The molecule has 2 N–H and O–H groups in total. The number of aromatic nitrogens is 4. The van der Waals surface area contributed by atoms with Crippen LogP contribution in [0.1, 0.15) is 17.3 Å². The van der Waals surface area contributed by atoms with Crippen LogP contribution in [0.3, 0.4) is 0 Å². The van der Waals surface area contributed by atoms with Gasteiger partial charge in [-0.1, -0.05) is 18.2 Å². The Kier molecular flexibility index (Phi) is 3.05. The SMILES string of the molecule is CN(C)C(Cc1c[nH]c2ccccc12)c1cn[nH]n1. The third-order valence-corrected chi connectivity index (χ3v) is 3.49. The van der Waals surface area contributed by atoms with Crippen molar-refractivity contribution in [2.24, 2.45) is 0 Å². The first-order chi connectivity index (χ1) is 9.25. The highest BCUT2D eigenvalue weighted by molar-refractivity contribution is 5.83. The van der Waals surface area contributed by atoms with E-state index in [1.54, 1.807) is 6.20 Å². The molecule has 1 unspecified atom stereocenters. The Morgan fingerprint density at radius 2 is 2.11 bits per heavy atom. The monoisotopic (exact) mass is 255 g/mol. The minimum absolute atomic E-state index is 0.220. The van der Waals surface area contributed by atoms with Crippen LogP contribution < -0.4 is 0 Å². The number of hydrogen-bond acceptors (Lipinski definition) is 3. The van der Waals surface area contributed by atoms with Crippen LogP contribution in [-0.4, -0.2) is 39.4 Å². The summed E-state index contributed by atoms with van der Waals surface area (Å²) >= 11 is 0. The highest BCUT2D eigenvalue weighted by Crippen LogP contribution is 2.25. The quantitative estimate of drug-likeness (QED) is 0.750. The number of fused-ring (bicyclic) bond motifs is 1. The number of rotatable bonds is 4. The Labute approximate surface area is 111 Å². The van der Waals surface area contributed by atoms with Gasteiger partial charge in [0.25, 0.3) is 0 Å². The Morgan fingerprint density at radius 1 is 1.26 bits per heavy atom. The van der Waals surface area contributed by atoms with E-state index in [2.05, 4.69) is 63.8 Å². The van der Waals surface area contributed by atoms with Crippen LogP contribution in [-0.2, 0) is 6.42 Å². The molecule has 0 saturated carbocycles. The summed E-state index contributed by atoms with van der Waals surface area (Å²) in [5.41, 5.74) is 3.45. The predicted molar refractivity (Wildman–Crippen MR) is 74.8 cm³/mol. The Hall–Kier alpha value is -2.14. The lowest BCUT2D eigenvalue weighted by Crippen LogP contribution is -2.22. The number of para-hydroxylation sites is 1. The zero-order valence-corrected chi connectivity index (χ0v) is 11.1. The average molecular weight is 255 g/mol. The number of nitrogens with one attached hydrogen (secondary N) is 2. The summed E-state index contributed by atoms with van der Waals surface area (Å²) in [6, 6.07) is 8.58. The number of likely N-dealkylation sites (N-methyl/N-ethyl adjacent to an activating group) is 1. The Balaban J connectivity index is 1.94. The van der Waals surface area contributed by atoms with Gasteiger partial charge in [-0.3, -0.25) is 0 Å². The van der Waals surface area contributed by atoms with Gasteiger partial charge in [-0.2, -0.15) is 15.4 Å². The number of hydrogen-bond donors (Lipinski definition) is 2. The summed E-state index contributed by atoms with van der Waals surface area (Å²) in [4.78, 5) is 5.48. The molecule has 3 rings (SSSR count). The predicted octanol–water partition coefficient (Wildman–Crippen LogP) is 2.13. The van der Waals surface area contributed by atoms with Gasteiger partial charge >= 0.3 is 0 Å². The van der Waals surface area contributed by atoms with E-state index in [0.29, 0.717) is 0 Å². The Bertz CT molecular complexity index is 653. The van der Waals surface area contributed by atoms with E-state index in [1.807, 2.05) is 6.07 Å². The standard InChI is InChI=1S/C14H17N5/c1-19(2)14(13-9-16-18-17-13)7-10-8-15-12-6-4-3-5-11(10)12/h3-6,8-9,14-15H,7H2,1-2H3,(H,16,17,18). The first-order valence-corrected chi connectivity index (χ1v) is 6.33. The lowest BCUT2D eigenvalue weighted by Gasteiger charge is -2.21. The van der Waals surface area contributed by atoms with Crippen LogP contribution in [0.4, 0.5) is 0 Å². The second kappa shape index (κ2) is 4.85. The molecule has 19 heavy (non-hydrogen) atoms. The second-order valence-electron chi connectivity index (χ2n) is 4.94. The summed E-state index contributed by atoms with van der Waals surface area (Å²) < 4.78 is 0. The fraction of sp³-hybridized carbons (Fsp3) is 0.286. The van der Waals surface area contributed by atoms with E-state index >= 15 is 0 Å². The lowest BCUT2D eigenvalue weighted by atomic mass is 10.0. The minimum atomic E-state index is 0.220. The highest BCUT2D eigenvalue weighted by atomic mass is 15.3. The van der Waals surface area contributed by atoms with Crippen molar-refractivity contribution in [3.05, 3.63) is 47.9 Å². The Morgan fingerprint density at radius 3 is 2.84 bits per heavy atom. The molecule has 0 aliphatic carbocycles. The molecule has 3 aromatic rings. The average Bonchev–Trinajstić information content (AvgIpc) is 3.05. The van der Waals surface area contributed by atoms with Crippen LogP contribution in [0.25, 0.3) is 10.9 Å². The molecule has 2 heterocycles. The third kappa shape index (κ3) is 2.24. The largest absolute Gasteiger partial charge is 0.361 e. The fourth-order valence-electron chi connectivity index (χ4n) is 2.43. The van der Waals surface area contributed by atoms with Gasteiger partial charge in [-0.05, 0) is 32.1 Å². The van der Waals surface area contributed by atoms with Crippen molar-refractivity contribution in [1.82, 2.24) is 25.3 Å². The zero-order chi connectivity index (χ0) is 13.2. The van der Waals surface area contributed by atoms with Crippen LogP contribution in [0, 0.1) is 0 Å². The second-order valence-corrected chi connectivity index (χ2v) is 4.94. The highest BCUT2D eigenvalue weighted by Gasteiger charge is 2.19. The smallest absolute Gasteiger partial charge is 0.0999 e. The van der Waals surface area contributed by atoms with Crippen molar-refractivity contribution < 1.29 is 0 Å². The normalized spacial score (nSPS) is 13.2. The van der Waals surface area contributed by atoms with Gasteiger partial charge < -0.3 is 9.88 Å². The molecule has 1 atom stereocenters. The molecule has 5 nitrogen and oxygen atoms in total. The first kappa shape index (κ1) is 11.9. The zero-order valence-electron chi connectivity index (χ0n) is 11.1.